The molecule has 19 heavy (non-hydrogen) atoms. The first-order valence-corrected chi connectivity index (χ1v) is 7.29. The Balaban J connectivity index is 3.77. The van der Waals surface area contributed by atoms with E-state index in [-0.39, 0.29) is 0 Å². The normalized spacial score (nSPS) is 12.3. The summed E-state index contributed by atoms with van der Waals surface area (Å²) in [6.07, 6.45) is 1.10. The van der Waals surface area contributed by atoms with Crippen molar-refractivity contribution in [3.05, 3.63) is 0 Å². The first-order chi connectivity index (χ1) is 9.10. The number of rotatable bonds is 10. The molecule has 0 aliphatic heterocycles. The Morgan fingerprint density at radius 2 is 2.00 bits per heavy atom. The predicted octanol–water partition coefficient (Wildman–Crippen LogP) is 1.17. The molecule has 0 radical (unpaired) electrons. The van der Waals surface area contributed by atoms with Crippen LogP contribution in [0.15, 0.2) is 4.99 Å². The fourth-order valence-corrected chi connectivity index (χ4v) is 1.53. The van der Waals surface area contributed by atoms with Crippen molar-refractivity contribution in [3.63, 3.8) is 0 Å². The number of nitrogens with one attached hydrogen (secondary N) is 2. The van der Waals surface area contributed by atoms with Crippen molar-refractivity contribution >= 4 is 5.96 Å². The number of guanidine groups is 1. The van der Waals surface area contributed by atoms with Gasteiger partial charge in [0, 0.05) is 33.3 Å². The smallest absolute Gasteiger partial charge is 0.191 e. The van der Waals surface area contributed by atoms with Crippen molar-refractivity contribution in [3.8, 4) is 0 Å². The third kappa shape index (κ3) is 12.0. The highest BCUT2D eigenvalue weighted by molar-refractivity contribution is 5.79. The Kier molecular flexibility index (Phi) is 11.7. The molecule has 5 heteroatoms. The molecule has 114 valence electrons. The molecule has 2 N–H and O–H groups in total. The van der Waals surface area contributed by atoms with Crippen LogP contribution in [-0.2, 0) is 4.74 Å². The molecule has 0 aliphatic rings. The van der Waals surface area contributed by atoms with Gasteiger partial charge in [0.15, 0.2) is 5.96 Å². The van der Waals surface area contributed by atoms with Gasteiger partial charge in [-0.1, -0.05) is 13.8 Å². The van der Waals surface area contributed by atoms with E-state index in [2.05, 4.69) is 48.3 Å². The highest BCUT2D eigenvalue weighted by atomic mass is 16.5. The van der Waals surface area contributed by atoms with Crippen LogP contribution in [0.3, 0.4) is 0 Å². The molecule has 0 aliphatic carbocycles. The maximum atomic E-state index is 5.06. The topological polar surface area (TPSA) is 48.9 Å². The van der Waals surface area contributed by atoms with E-state index >= 15 is 0 Å². The van der Waals surface area contributed by atoms with Crippen LogP contribution in [0, 0.1) is 5.92 Å². The molecular formula is C14H32N4O. The Bertz CT molecular complexity index is 231. The minimum absolute atomic E-state index is 0.593. The van der Waals surface area contributed by atoms with Gasteiger partial charge in [-0.3, -0.25) is 4.99 Å². The van der Waals surface area contributed by atoms with E-state index in [0.717, 1.165) is 51.7 Å². The fourth-order valence-electron chi connectivity index (χ4n) is 1.53. The molecule has 0 fully saturated rings. The minimum atomic E-state index is 0.593. The molecule has 0 bridgehead atoms. The fraction of sp³-hybridized carbons (Fsp3) is 0.929. The highest BCUT2D eigenvalue weighted by Crippen LogP contribution is 1.91. The monoisotopic (exact) mass is 272 g/mol. The van der Waals surface area contributed by atoms with E-state index in [4.69, 9.17) is 4.74 Å². The van der Waals surface area contributed by atoms with Crippen LogP contribution in [0.5, 0.6) is 0 Å². The predicted molar refractivity (Wildman–Crippen MR) is 82.8 cm³/mol. The van der Waals surface area contributed by atoms with Gasteiger partial charge in [0.05, 0.1) is 6.61 Å². The summed E-state index contributed by atoms with van der Waals surface area (Å²) in [6, 6.07) is 0. The van der Waals surface area contributed by atoms with E-state index in [0.29, 0.717) is 5.92 Å². The maximum Gasteiger partial charge on any atom is 0.191 e. The van der Waals surface area contributed by atoms with Crippen molar-refractivity contribution in [1.82, 2.24) is 15.5 Å². The summed E-state index contributed by atoms with van der Waals surface area (Å²) in [5, 5.41) is 6.63. The van der Waals surface area contributed by atoms with Crippen LogP contribution < -0.4 is 10.6 Å². The van der Waals surface area contributed by atoms with Gasteiger partial charge in [-0.15, -0.1) is 0 Å². The summed E-state index contributed by atoms with van der Waals surface area (Å²) in [6.45, 7) is 12.0. The van der Waals surface area contributed by atoms with Gasteiger partial charge >= 0.3 is 0 Å². The lowest BCUT2D eigenvalue weighted by molar-refractivity contribution is 0.161. The van der Waals surface area contributed by atoms with Crippen LogP contribution in [0.4, 0.5) is 0 Å². The number of hydrogen-bond donors (Lipinski definition) is 2. The molecule has 5 nitrogen and oxygen atoms in total. The average Bonchev–Trinajstić information content (AvgIpc) is 2.38. The largest absolute Gasteiger partial charge is 0.383 e. The average molecular weight is 272 g/mol. The van der Waals surface area contributed by atoms with Crippen molar-refractivity contribution in [2.45, 2.75) is 27.2 Å². The van der Waals surface area contributed by atoms with Crippen molar-refractivity contribution in [2.24, 2.45) is 10.9 Å². The van der Waals surface area contributed by atoms with Crippen molar-refractivity contribution in [2.75, 3.05) is 53.5 Å². The quantitative estimate of drug-likeness (QED) is 0.356. The molecule has 0 aromatic carbocycles. The summed E-state index contributed by atoms with van der Waals surface area (Å²) < 4.78 is 5.06. The summed E-state index contributed by atoms with van der Waals surface area (Å²) >= 11 is 0. The summed E-state index contributed by atoms with van der Waals surface area (Å²) in [7, 11) is 3.86. The van der Waals surface area contributed by atoms with Gasteiger partial charge < -0.3 is 20.3 Å². The molecule has 0 saturated carbocycles. The molecule has 0 unspecified atom stereocenters. The minimum Gasteiger partial charge on any atom is -0.383 e. The summed E-state index contributed by atoms with van der Waals surface area (Å²) in [5.74, 6) is 1.52. The maximum absolute atomic E-state index is 5.06. The van der Waals surface area contributed by atoms with Crippen molar-refractivity contribution < 1.29 is 4.74 Å². The summed E-state index contributed by atoms with van der Waals surface area (Å²) in [4.78, 5) is 6.82. The van der Waals surface area contributed by atoms with E-state index in [1.165, 1.54) is 0 Å². The molecular weight excluding hydrogens is 240 g/mol. The van der Waals surface area contributed by atoms with Gasteiger partial charge in [0.25, 0.3) is 0 Å². The molecule has 0 saturated heterocycles. The molecule has 0 amide bonds. The Labute approximate surface area is 118 Å². The molecule has 0 rings (SSSR count). The second-order valence-corrected chi connectivity index (χ2v) is 5.19. The van der Waals surface area contributed by atoms with E-state index in [9.17, 15) is 0 Å². The van der Waals surface area contributed by atoms with Crippen LogP contribution in [0.25, 0.3) is 0 Å². The second kappa shape index (κ2) is 12.2. The SMILES string of the molecule is CCNC(=NCC(C)C)NCCCN(C)CCOC. The van der Waals surface area contributed by atoms with E-state index in [1.807, 2.05) is 0 Å². The van der Waals surface area contributed by atoms with Gasteiger partial charge in [-0.25, -0.2) is 0 Å². The van der Waals surface area contributed by atoms with Crippen LogP contribution in [0.1, 0.15) is 27.2 Å². The Morgan fingerprint density at radius 1 is 1.26 bits per heavy atom. The van der Waals surface area contributed by atoms with Gasteiger partial charge in [0.2, 0.25) is 0 Å². The Hall–Kier alpha value is -0.810. The number of aliphatic imine (C=N–C) groups is 1. The lowest BCUT2D eigenvalue weighted by atomic mass is 10.2. The molecule has 0 heterocycles. The second-order valence-electron chi connectivity index (χ2n) is 5.19. The van der Waals surface area contributed by atoms with Gasteiger partial charge in [-0.05, 0) is 32.9 Å². The zero-order valence-electron chi connectivity index (χ0n) is 13.3. The molecule has 0 aromatic rings. The van der Waals surface area contributed by atoms with Crippen molar-refractivity contribution in [1.29, 1.82) is 0 Å². The molecule has 0 aromatic heterocycles. The number of methoxy groups -OCH3 is 1. The third-order valence-electron chi connectivity index (χ3n) is 2.64. The first kappa shape index (κ1) is 18.2. The Morgan fingerprint density at radius 3 is 2.58 bits per heavy atom. The first-order valence-electron chi connectivity index (χ1n) is 7.29. The van der Waals surface area contributed by atoms with E-state index < -0.39 is 0 Å². The zero-order valence-corrected chi connectivity index (χ0v) is 13.3. The van der Waals surface area contributed by atoms with Gasteiger partial charge in [0.1, 0.15) is 0 Å². The zero-order chi connectivity index (χ0) is 14.5. The van der Waals surface area contributed by atoms with Crippen LogP contribution >= 0.6 is 0 Å². The third-order valence-corrected chi connectivity index (χ3v) is 2.64. The number of hydrogen-bond acceptors (Lipinski definition) is 3. The molecule has 0 spiro atoms. The van der Waals surface area contributed by atoms with Crippen LogP contribution in [0.2, 0.25) is 0 Å². The standard InChI is InChI=1S/C14H32N4O/c1-6-15-14(17-12-13(2)3)16-8-7-9-18(4)10-11-19-5/h13H,6-12H2,1-5H3,(H2,15,16,17). The van der Waals surface area contributed by atoms with Gasteiger partial charge in [-0.2, -0.15) is 0 Å². The van der Waals surface area contributed by atoms with Crippen LogP contribution in [-0.4, -0.2) is 64.3 Å². The lowest BCUT2D eigenvalue weighted by Gasteiger charge is -2.17. The number of ether oxygens (including phenoxy) is 1. The lowest BCUT2D eigenvalue weighted by Crippen LogP contribution is -2.39. The number of nitrogens with zero attached hydrogens (tertiary/aromatic N) is 2. The van der Waals surface area contributed by atoms with E-state index in [1.54, 1.807) is 7.11 Å². The highest BCUT2D eigenvalue weighted by Gasteiger charge is 2.00. The molecule has 0 atom stereocenters. The number of likely N-dealkylation sites (N-methyl/N-ethyl adjacent to an activating group) is 1. The summed E-state index contributed by atoms with van der Waals surface area (Å²) in [5.41, 5.74) is 0.